The lowest BCUT2D eigenvalue weighted by molar-refractivity contribution is 0.607. The molecule has 0 spiro atoms. The first-order valence-electron chi connectivity index (χ1n) is 6.55. The number of halogens is 1. The highest BCUT2D eigenvalue weighted by atomic mass is 35.5. The van der Waals surface area contributed by atoms with Crippen molar-refractivity contribution < 1.29 is 8.42 Å². The van der Waals surface area contributed by atoms with Crippen molar-refractivity contribution in [2.75, 3.05) is 11.0 Å². The van der Waals surface area contributed by atoms with E-state index in [-0.39, 0.29) is 0 Å². The molecule has 0 unspecified atom stereocenters. The molecule has 0 aliphatic heterocycles. The third-order valence-corrected chi connectivity index (χ3v) is 4.06. The van der Waals surface area contributed by atoms with Crippen molar-refractivity contribution >= 4 is 38.2 Å². The molecule has 0 atom stereocenters. The molecule has 0 amide bonds. The lowest BCUT2D eigenvalue weighted by Crippen LogP contribution is -2.10. The van der Waals surface area contributed by atoms with E-state index in [9.17, 15) is 8.42 Å². The number of hydrogen-bond donors (Lipinski definition) is 1. The summed E-state index contributed by atoms with van der Waals surface area (Å²) in [5, 5.41) is 1.54. The zero-order valence-corrected chi connectivity index (χ0v) is 13.3. The van der Waals surface area contributed by atoms with E-state index in [0.29, 0.717) is 16.2 Å². The van der Waals surface area contributed by atoms with Crippen LogP contribution in [0.2, 0.25) is 5.02 Å². The Morgan fingerprint density at radius 2 is 1.77 bits per heavy atom. The van der Waals surface area contributed by atoms with Gasteiger partial charge < -0.3 is 0 Å². The highest BCUT2D eigenvalue weighted by Gasteiger charge is 2.11. The van der Waals surface area contributed by atoms with Gasteiger partial charge >= 0.3 is 0 Å². The quantitative estimate of drug-likeness (QED) is 0.790. The van der Waals surface area contributed by atoms with Crippen molar-refractivity contribution in [3.05, 3.63) is 59.8 Å². The van der Waals surface area contributed by atoms with Gasteiger partial charge in [-0.3, -0.25) is 9.71 Å². The number of pyridine rings is 1. The minimum atomic E-state index is -3.36. The van der Waals surface area contributed by atoms with Gasteiger partial charge in [-0.15, -0.1) is 0 Å². The van der Waals surface area contributed by atoms with E-state index >= 15 is 0 Å². The van der Waals surface area contributed by atoms with Crippen molar-refractivity contribution in [2.45, 2.75) is 0 Å². The second kappa shape index (κ2) is 5.59. The van der Waals surface area contributed by atoms with Crippen LogP contribution in [0.4, 0.5) is 5.69 Å². The molecule has 0 saturated carbocycles. The lowest BCUT2D eigenvalue weighted by atomic mass is 10.00. The van der Waals surface area contributed by atoms with Crippen LogP contribution in [0, 0.1) is 0 Å². The summed E-state index contributed by atoms with van der Waals surface area (Å²) in [5.74, 6) is 0. The van der Waals surface area contributed by atoms with Crippen LogP contribution in [-0.2, 0) is 10.0 Å². The first kappa shape index (κ1) is 14.8. The minimum Gasteiger partial charge on any atom is -0.282 e. The Hall–Kier alpha value is -2.11. The van der Waals surface area contributed by atoms with Crippen LogP contribution in [0.1, 0.15) is 0 Å². The fourth-order valence-electron chi connectivity index (χ4n) is 2.34. The maximum atomic E-state index is 11.5. The second-order valence-electron chi connectivity index (χ2n) is 4.94. The van der Waals surface area contributed by atoms with E-state index in [1.807, 2.05) is 42.5 Å². The van der Waals surface area contributed by atoms with Crippen molar-refractivity contribution in [1.29, 1.82) is 0 Å². The molecule has 0 bridgehead atoms. The Morgan fingerprint density at radius 1 is 1.05 bits per heavy atom. The molecule has 4 nitrogen and oxygen atoms in total. The second-order valence-corrected chi connectivity index (χ2v) is 7.13. The van der Waals surface area contributed by atoms with Crippen LogP contribution in [0.5, 0.6) is 0 Å². The van der Waals surface area contributed by atoms with E-state index in [1.54, 1.807) is 12.3 Å². The molecule has 0 saturated heterocycles. The van der Waals surface area contributed by atoms with Crippen molar-refractivity contribution in [3.63, 3.8) is 0 Å². The Bertz CT molecular complexity index is 938. The van der Waals surface area contributed by atoms with Crippen LogP contribution in [0.25, 0.3) is 22.0 Å². The summed E-state index contributed by atoms with van der Waals surface area (Å²) in [7, 11) is -3.36. The van der Waals surface area contributed by atoms with E-state index in [2.05, 4.69) is 9.71 Å². The Balaban J connectivity index is 2.22. The summed E-state index contributed by atoms with van der Waals surface area (Å²) in [6.07, 6.45) is 2.76. The van der Waals surface area contributed by atoms with Crippen molar-refractivity contribution in [2.24, 2.45) is 0 Å². The molecule has 112 valence electrons. The number of rotatable bonds is 3. The highest BCUT2D eigenvalue weighted by molar-refractivity contribution is 7.92. The molecule has 3 rings (SSSR count). The summed E-state index contributed by atoms with van der Waals surface area (Å²) in [6.45, 7) is 0. The topological polar surface area (TPSA) is 59.1 Å². The van der Waals surface area contributed by atoms with Crippen LogP contribution in [0.15, 0.2) is 54.7 Å². The van der Waals surface area contributed by atoms with Gasteiger partial charge in [-0.05, 0) is 35.4 Å². The number of sulfonamides is 1. The lowest BCUT2D eigenvalue weighted by Gasteiger charge is -2.11. The first-order valence-corrected chi connectivity index (χ1v) is 8.82. The average molecular weight is 333 g/mol. The van der Waals surface area contributed by atoms with Gasteiger partial charge in [-0.25, -0.2) is 8.42 Å². The molecular weight excluding hydrogens is 320 g/mol. The number of hydrogen-bond acceptors (Lipinski definition) is 3. The van der Waals surface area contributed by atoms with Gasteiger partial charge in [0, 0.05) is 16.6 Å². The molecule has 0 aliphatic carbocycles. The molecule has 0 fully saturated rings. The van der Waals surface area contributed by atoms with Crippen molar-refractivity contribution in [1.82, 2.24) is 4.98 Å². The maximum absolute atomic E-state index is 11.5. The maximum Gasteiger partial charge on any atom is 0.229 e. The minimum absolute atomic E-state index is 0.468. The fourth-order valence-corrected chi connectivity index (χ4v) is 3.03. The molecule has 0 aliphatic rings. The molecular formula is C16H13ClN2O2S. The third kappa shape index (κ3) is 3.05. The van der Waals surface area contributed by atoms with E-state index in [4.69, 9.17) is 11.6 Å². The summed E-state index contributed by atoms with van der Waals surface area (Å²) < 4.78 is 25.5. The number of fused-ring (bicyclic) bond motifs is 1. The molecule has 2 aromatic carbocycles. The van der Waals surface area contributed by atoms with Crippen LogP contribution < -0.4 is 4.72 Å². The van der Waals surface area contributed by atoms with Crippen molar-refractivity contribution in [3.8, 4) is 11.1 Å². The van der Waals surface area contributed by atoms with Gasteiger partial charge in [-0.1, -0.05) is 35.9 Å². The monoisotopic (exact) mass is 332 g/mol. The zero-order chi connectivity index (χ0) is 15.7. The zero-order valence-electron chi connectivity index (χ0n) is 11.7. The van der Waals surface area contributed by atoms with Crippen LogP contribution >= 0.6 is 11.6 Å². The Labute approximate surface area is 133 Å². The van der Waals surface area contributed by atoms with Gasteiger partial charge in [0.1, 0.15) is 0 Å². The van der Waals surface area contributed by atoms with E-state index < -0.39 is 10.0 Å². The summed E-state index contributed by atoms with van der Waals surface area (Å²) in [4.78, 5) is 4.32. The SMILES string of the molecule is CS(=O)(=O)Nc1ccc(-c2ccc(Cl)cc2)c2cccnc12. The van der Waals surface area contributed by atoms with E-state index in [1.165, 1.54) is 0 Å². The molecule has 22 heavy (non-hydrogen) atoms. The third-order valence-electron chi connectivity index (χ3n) is 3.22. The van der Waals surface area contributed by atoms with Gasteiger partial charge in [-0.2, -0.15) is 0 Å². The predicted molar refractivity (Wildman–Crippen MR) is 90.7 cm³/mol. The van der Waals surface area contributed by atoms with Gasteiger partial charge in [0.15, 0.2) is 0 Å². The summed E-state index contributed by atoms with van der Waals surface area (Å²) in [5.41, 5.74) is 3.04. The largest absolute Gasteiger partial charge is 0.282 e. The normalized spacial score (nSPS) is 11.5. The fraction of sp³-hybridized carbons (Fsp3) is 0.0625. The molecule has 1 aromatic heterocycles. The van der Waals surface area contributed by atoms with Crippen LogP contribution in [-0.4, -0.2) is 19.7 Å². The standard InChI is InChI=1S/C16H13ClN2O2S/c1-22(20,21)19-15-9-8-13(11-4-6-12(17)7-5-11)14-3-2-10-18-16(14)15/h2-10,19H,1H3. The molecule has 1 heterocycles. The highest BCUT2D eigenvalue weighted by Crippen LogP contribution is 2.32. The number of aromatic nitrogens is 1. The Morgan fingerprint density at radius 3 is 2.45 bits per heavy atom. The molecule has 6 heteroatoms. The predicted octanol–water partition coefficient (Wildman–Crippen LogP) is 3.93. The van der Waals surface area contributed by atoms with Crippen LogP contribution in [0.3, 0.4) is 0 Å². The van der Waals surface area contributed by atoms with E-state index in [0.717, 1.165) is 22.8 Å². The first-order chi connectivity index (χ1) is 10.4. The van der Waals surface area contributed by atoms with Gasteiger partial charge in [0.05, 0.1) is 17.5 Å². The number of benzene rings is 2. The smallest absolute Gasteiger partial charge is 0.229 e. The molecule has 1 N–H and O–H groups in total. The number of nitrogens with one attached hydrogen (secondary N) is 1. The number of nitrogens with zero attached hydrogens (tertiary/aromatic N) is 1. The molecule has 0 radical (unpaired) electrons. The average Bonchev–Trinajstić information content (AvgIpc) is 2.47. The number of anilines is 1. The van der Waals surface area contributed by atoms with Gasteiger partial charge in [0.2, 0.25) is 10.0 Å². The Kier molecular flexibility index (Phi) is 3.76. The summed E-state index contributed by atoms with van der Waals surface area (Å²) >= 11 is 5.93. The van der Waals surface area contributed by atoms with Gasteiger partial charge in [0.25, 0.3) is 0 Å². The molecule has 3 aromatic rings. The summed E-state index contributed by atoms with van der Waals surface area (Å²) in [6, 6.07) is 14.8.